The second-order valence-corrected chi connectivity index (χ2v) is 2.64. The van der Waals surface area contributed by atoms with Gasteiger partial charge in [-0.1, -0.05) is 0 Å². The van der Waals surface area contributed by atoms with E-state index in [9.17, 15) is 4.79 Å². The van der Waals surface area contributed by atoms with Crippen molar-refractivity contribution in [2.24, 2.45) is 5.73 Å². The van der Waals surface area contributed by atoms with Crippen LogP contribution in [-0.4, -0.2) is 22.2 Å². The number of carbonyl (C=O) groups excluding carboxylic acids is 1. The number of rotatable bonds is 3. The van der Waals surface area contributed by atoms with Crippen LogP contribution in [-0.2, 0) is 0 Å². The highest BCUT2D eigenvalue weighted by Gasteiger charge is 2.12. The Morgan fingerprint density at radius 2 is 2.42 bits per heavy atom. The summed E-state index contributed by atoms with van der Waals surface area (Å²) in [4.78, 5) is 10.7. The summed E-state index contributed by atoms with van der Waals surface area (Å²) in [5, 5.41) is 6.11. The van der Waals surface area contributed by atoms with E-state index < -0.39 is 5.91 Å². The van der Waals surface area contributed by atoms with Crippen molar-refractivity contribution in [2.75, 3.05) is 0 Å². The van der Waals surface area contributed by atoms with Crippen molar-refractivity contribution in [2.45, 2.75) is 20.0 Å². The third kappa shape index (κ3) is 1.75. The molecule has 0 aliphatic rings. The van der Waals surface area contributed by atoms with Crippen molar-refractivity contribution in [1.29, 1.82) is 0 Å². The molecule has 5 heteroatoms. The number of aromatic nitrogens is 2. The number of aromatic amines is 1. The van der Waals surface area contributed by atoms with Crippen LogP contribution in [0.5, 0.6) is 5.75 Å². The lowest BCUT2D eigenvalue weighted by atomic mass is 10.4. The van der Waals surface area contributed by atoms with Crippen LogP contribution < -0.4 is 10.5 Å². The van der Waals surface area contributed by atoms with Gasteiger partial charge in [-0.25, -0.2) is 0 Å². The number of amides is 1. The number of nitrogens with zero attached hydrogens (tertiary/aromatic N) is 1. The number of nitrogens with one attached hydrogen (secondary N) is 1. The van der Waals surface area contributed by atoms with Crippen LogP contribution in [0.1, 0.15) is 24.3 Å². The minimum atomic E-state index is -0.567. The maximum Gasteiger partial charge on any atom is 0.270 e. The van der Waals surface area contributed by atoms with Crippen molar-refractivity contribution in [1.82, 2.24) is 10.2 Å². The van der Waals surface area contributed by atoms with Crippen molar-refractivity contribution in [3.8, 4) is 5.75 Å². The van der Waals surface area contributed by atoms with Crippen LogP contribution in [0.25, 0.3) is 0 Å². The van der Waals surface area contributed by atoms with Gasteiger partial charge in [0.25, 0.3) is 5.91 Å². The fourth-order valence-electron chi connectivity index (χ4n) is 0.795. The molecule has 0 radical (unpaired) electrons. The smallest absolute Gasteiger partial charge is 0.270 e. The summed E-state index contributed by atoms with van der Waals surface area (Å²) >= 11 is 0. The predicted octanol–water partition coefficient (Wildman–Crippen LogP) is 0.296. The van der Waals surface area contributed by atoms with Gasteiger partial charge in [-0.2, -0.15) is 5.10 Å². The number of hydrogen-bond acceptors (Lipinski definition) is 3. The number of primary amides is 1. The van der Waals surface area contributed by atoms with Gasteiger partial charge in [0.15, 0.2) is 11.4 Å². The van der Waals surface area contributed by atoms with Crippen LogP contribution >= 0.6 is 0 Å². The van der Waals surface area contributed by atoms with E-state index in [1.807, 2.05) is 13.8 Å². The molecular weight excluding hydrogens is 158 g/mol. The minimum Gasteiger partial charge on any atom is -0.487 e. The Morgan fingerprint density at radius 1 is 1.75 bits per heavy atom. The molecule has 1 aromatic rings. The van der Waals surface area contributed by atoms with Crippen LogP contribution in [0.3, 0.4) is 0 Å². The molecule has 1 heterocycles. The maximum atomic E-state index is 10.7. The van der Waals surface area contributed by atoms with Crippen molar-refractivity contribution in [3.63, 3.8) is 0 Å². The third-order valence-corrected chi connectivity index (χ3v) is 1.21. The highest BCUT2D eigenvalue weighted by atomic mass is 16.5. The number of nitrogens with two attached hydrogens (primary N) is 1. The van der Waals surface area contributed by atoms with Crippen LogP contribution in [0.15, 0.2) is 6.20 Å². The Bertz CT molecular complexity index is 280. The molecule has 0 aromatic carbocycles. The molecule has 66 valence electrons. The van der Waals surface area contributed by atoms with Gasteiger partial charge in [0.1, 0.15) is 0 Å². The third-order valence-electron chi connectivity index (χ3n) is 1.21. The summed E-state index contributed by atoms with van der Waals surface area (Å²) < 4.78 is 5.25. The molecule has 0 bridgehead atoms. The fourth-order valence-corrected chi connectivity index (χ4v) is 0.795. The first-order valence-electron chi connectivity index (χ1n) is 3.61. The largest absolute Gasteiger partial charge is 0.487 e. The fraction of sp³-hybridized carbons (Fsp3) is 0.429. The summed E-state index contributed by atoms with van der Waals surface area (Å²) in [7, 11) is 0. The van der Waals surface area contributed by atoms with E-state index >= 15 is 0 Å². The monoisotopic (exact) mass is 169 g/mol. The van der Waals surface area contributed by atoms with Crippen LogP contribution in [0, 0.1) is 0 Å². The molecule has 0 unspecified atom stereocenters. The standard InChI is InChI=1S/C7H11N3O2/c1-4(2)12-5-3-9-10-6(5)7(8)11/h3-4H,1-2H3,(H2,8,11)(H,9,10). The van der Waals surface area contributed by atoms with Gasteiger partial charge >= 0.3 is 0 Å². The molecule has 0 fully saturated rings. The van der Waals surface area contributed by atoms with Gasteiger partial charge < -0.3 is 10.5 Å². The van der Waals surface area contributed by atoms with Gasteiger partial charge in [0, 0.05) is 0 Å². The zero-order valence-corrected chi connectivity index (χ0v) is 7.00. The van der Waals surface area contributed by atoms with Crippen LogP contribution in [0.2, 0.25) is 0 Å². The summed E-state index contributed by atoms with van der Waals surface area (Å²) in [6.07, 6.45) is 1.43. The first-order chi connectivity index (χ1) is 5.61. The molecule has 3 N–H and O–H groups in total. The van der Waals surface area contributed by atoms with Crippen molar-refractivity contribution in [3.05, 3.63) is 11.9 Å². The quantitative estimate of drug-likeness (QED) is 0.682. The van der Waals surface area contributed by atoms with E-state index in [0.717, 1.165) is 0 Å². The highest BCUT2D eigenvalue weighted by Crippen LogP contribution is 2.15. The van der Waals surface area contributed by atoms with Gasteiger partial charge in [-0.15, -0.1) is 0 Å². The summed E-state index contributed by atoms with van der Waals surface area (Å²) in [5.41, 5.74) is 5.26. The topological polar surface area (TPSA) is 81.0 Å². The van der Waals surface area contributed by atoms with Gasteiger partial charge in [0.2, 0.25) is 0 Å². The lowest BCUT2D eigenvalue weighted by Crippen LogP contribution is -2.15. The minimum absolute atomic E-state index is 0.000648. The average molecular weight is 169 g/mol. The predicted molar refractivity (Wildman–Crippen MR) is 42.9 cm³/mol. The lowest BCUT2D eigenvalue weighted by molar-refractivity contribution is 0.0990. The van der Waals surface area contributed by atoms with Gasteiger partial charge in [0.05, 0.1) is 12.3 Å². The van der Waals surface area contributed by atoms with E-state index in [1.54, 1.807) is 0 Å². The molecule has 0 spiro atoms. The second kappa shape index (κ2) is 3.25. The Labute approximate surface area is 69.9 Å². The average Bonchev–Trinajstić information content (AvgIpc) is 2.33. The molecule has 1 aromatic heterocycles. The Kier molecular flexibility index (Phi) is 2.32. The first-order valence-corrected chi connectivity index (χ1v) is 3.61. The molecule has 5 nitrogen and oxygen atoms in total. The molecule has 0 aliphatic carbocycles. The number of carbonyl (C=O) groups is 1. The Hall–Kier alpha value is -1.52. The molecule has 0 aliphatic heterocycles. The Balaban J connectivity index is 2.84. The molecule has 0 saturated heterocycles. The molecule has 12 heavy (non-hydrogen) atoms. The SMILES string of the molecule is CC(C)Oc1cn[nH]c1C(N)=O. The zero-order chi connectivity index (χ0) is 9.14. The van der Waals surface area contributed by atoms with Gasteiger partial charge in [-0.3, -0.25) is 9.89 Å². The molecule has 1 rings (SSSR count). The summed E-state index contributed by atoms with van der Waals surface area (Å²) in [5.74, 6) is -0.166. The molecule has 1 amide bonds. The normalized spacial score (nSPS) is 10.2. The van der Waals surface area contributed by atoms with Crippen LogP contribution in [0.4, 0.5) is 0 Å². The van der Waals surface area contributed by atoms with E-state index in [0.29, 0.717) is 5.75 Å². The highest BCUT2D eigenvalue weighted by molar-refractivity contribution is 5.93. The summed E-state index contributed by atoms with van der Waals surface area (Å²) in [6.45, 7) is 3.72. The number of H-pyrrole nitrogens is 1. The van der Waals surface area contributed by atoms with Crippen molar-refractivity contribution >= 4 is 5.91 Å². The van der Waals surface area contributed by atoms with Crippen molar-refractivity contribution < 1.29 is 9.53 Å². The van der Waals surface area contributed by atoms with E-state index in [-0.39, 0.29) is 11.8 Å². The molecule has 0 atom stereocenters. The van der Waals surface area contributed by atoms with E-state index in [2.05, 4.69) is 10.2 Å². The Morgan fingerprint density at radius 3 is 2.92 bits per heavy atom. The van der Waals surface area contributed by atoms with E-state index in [4.69, 9.17) is 10.5 Å². The number of ether oxygens (including phenoxy) is 1. The lowest BCUT2D eigenvalue weighted by Gasteiger charge is -2.07. The number of hydrogen-bond donors (Lipinski definition) is 2. The molecule has 0 saturated carbocycles. The maximum absolute atomic E-state index is 10.7. The zero-order valence-electron chi connectivity index (χ0n) is 7.00. The van der Waals surface area contributed by atoms with E-state index in [1.165, 1.54) is 6.20 Å². The summed E-state index contributed by atoms with van der Waals surface area (Å²) in [6, 6.07) is 0. The second-order valence-electron chi connectivity index (χ2n) is 2.64. The molecular formula is C7H11N3O2. The van der Waals surface area contributed by atoms with Gasteiger partial charge in [-0.05, 0) is 13.8 Å². The first kappa shape index (κ1) is 8.58.